The molecule has 0 radical (unpaired) electrons. The summed E-state index contributed by atoms with van der Waals surface area (Å²) < 4.78 is 3.75. The molecule has 2 aromatic heterocycles. The van der Waals surface area contributed by atoms with Crippen molar-refractivity contribution in [1.82, 2.24) is 24.8 Å². The molecule has 2 heterocycles. The maximum atomic E-state index is 4.21. The van der Waals surface area contributed by atoms with Gasteiger partial charge in [-0.15, -0.1) is 5.10 Å². The second-order valence-electron chi connectivity index (χ2n) is 4.07. The van der Waals surface area contributed by atoms with Gasteiger partial charge in [0.15, 0.2) is 0 Å². The van der Waals surface area contributed by atoms with E-state index >= 15 is 0 Å². The Morgan fingerprint density at radius 2 is 2.18 bits per heavy atom. The highest BCUT2D eigenvalue weighted by Gasteiger charge is 2.06. The van der Waals surface area contributed by atoms with Crippen LogP contribution in [0, 0.1) is 6.92 Å². The van der Waals surface area contributed by atoms with Crippen molar-refractivity contribution in [3.8, 4) is 0 Å². The molecule has 0 saturated carbocycles. The Morgan fingerprint density at radius 1 is 1.35 bits per heavy atom. The van der Waals surface area contributed by atoms with E-state index in [9.17, 15) is 0 Å². The number of nitrogens with zero attached hydrogens (tertiary/aromatic N) is 5. The number of hydrogen-bond acceptors (Lipinski definition) is 4. The van der Waals surface area contributed by atoms with E-state index in [1.807, 2.05) is 22.6 Å². The van der Waals surface area contributed by atoms with E-state index in [4.69, 9.17) is 0 Å². The van der Waals surface area contributed by atoms with Crippen LogP contribution in [0.25, 0.3) is 0 Å². The number of hydrogen-bond donors (Lipinski definition) is 1. The molecule has 6 heteroatoms. The molecule has 2 aromatic rings. The SMILES string of the molecule is CCCn1nncc1NCc1cnn(C)c1C. The number of nitrogens with one attached hydrogen (secondary N) is 1. The van der Waals surface area contributed by atoms with E-state index in [-0.39, 0.29) is 0 Å². The number of rotatable bonds is 5. The molecule has 0 amide bonds. The molecule has 0 spiro atoms. The lowest BCUT2D eigenvalue weighted by atomic mass is 10.2. The second-order valence-corrected chi connectivity index (χ2v) is 4.07. The van der Waals surface area contributed by atoms with Gasteiger partial charge in [-0.2, -0.15) is 5.10 Å². The number of anilines is 1. The number of aromatic nitrogens is 5. The molecule has 0 aliphatic rings. The smallest absolute Gasteiger partial charge is 0.145 e. The normalized spacial score (nSPS) is 10.8. The van der Waals surface area contributed by atoms with Gasteiger partial charge in [0, 0.05) is 31.4 Å². The number of aryl methyl sites for hydroxylation is 2. The van der Waals surface area contributed by atoms with Crippen molar-refractivity contribution >= 4 is 5.82 Å². The van der Waals surface area contributed by atoms with Gasteiger partial charge in [0.25, 0.3) is 0 Å². The lowest BCUT2D eigenvalue weighted by Crippen LogP contribution is -2.08. The lowest BCUT2D eigenvalue weighted by Gasteiger charge is -2.07. The van der Waals surface area contributed by atoms with Crippen LogP contribution in [0.2, 0.25) is 0 Å². The van der Waals surface area contributed by atoms with E-state index in [0.717, 1.165) is 25.3 Å². The van der Waals surface area contributed by atoms with Crippen molar-refractivity contribution in [1.29, 1.82) is 0 Å². The summed E-state index contributed by atoms with van der Waals surface area (Å²) in [6, 6.07) is 0. The van der Waals surface area contributed by atoms with Crippen LogP contribution in [-0.2, 0) is 20.1 Å². The standard InChI is InChI=1S/C11H18N6/c1-4-5-17-11(8-13-15-17)12-6-10-7-14-16(3)9(10)2/h7-8,12H,4-6H2,1-3H3. The summed E-state index contributed by atoms with van der Waals surface area (Å²) >= 11 is 0. The maximum Gasteiger partial charge on any atom is 0.145 e. The van der Waals surface area contributed by atoms with Crippen molar-refractivity contribution < 1.29 is 0 Å². The molecule has 0 unspecified atom stereocenters. The van der Waals surface area contributed by atoms with Crippen molar-refractivity contribution in [2.75, 3.05) is 5.32 Å². The molecule has 92 valence electrons. The van der Waals surface area contributed by atoms with Gasteiger partial charge in [-0.3, -0.25) is 4.68 Å². The van der Waals surface area contributed by atoms with E-state index in [0.29, 0.717) is 0 Å². The predicted octanol–water partition coefficient (Wildman–Crippen LogP) is 1.34. The van der Waals surface area contributed by atoms with Crippen LogP contribution in [0.3, 0.4) is 0 Å². The first kappa shape index (κ1) is 11.6. The fourth-order valence-electron chi connectivity index (χ4n) is 1.68. The molecular formula is C11H18N6. The van der Waals surface area contributed by atoms with Crippen molar-refractivity contribution in [3.05, 3.63) is 23.7 Å². The fourth-order valence-corrected chi connectivity index (χ4v) is 1.68. The Bertz CT molecular complexity index is 484. The third-order valence-electron chi connectivity index (χ3n) is 2.85. The van der Waals surface area contributed by atoms with Crippen LogP contribution in [0.1, 0.15) is 24.6 Å². The minimum Gasteiger partial charge on any atom is -0.365 e. The fraction of sp³-hybridized carbons (Fsp3) is 0.545. The van der Waals surface area contributed by atoms with Gasteiger partial charge in [0.1, 0.15) is 5.82 Å². The van der Waals surface area contributed by atoms with Crippen LogP contribution in [0.5, 0.6) is 0 Å². The first-order chi connectivity index (χ1) is 8.22. The van der Waals surface area contributed by atoms with E-state index < -0.39 is 0 Å². The van der Waals surface area contributed by atoms with E-state index in [1.54, 1.807) is 6.20 Å². The Morgan fingerprint density at radius 3 is 2.82 bits per heavy atom. The summed E-state index contributed by atoms with van der Waals surface area (Å²) in [5, 5.41) is 15.5. The Balaban J connectivity index is 2.02. The van der Waals surface area contributed by atoms with Crippen LogP contribution < -0.4 is 5.32 Å². The summed E-state index contributed by atoms with van der Waals surface area (Å²) in [6.45, 7) is 5.81. The van der Waals surface area contributed by atoms with Gasteiger partial charge >= 0.3 is 0 Å². The first-order valence-electron chi connectivity index (χ1n) is 5.82. The highest BCUT2D eigenvalue weighted by molar-refractivity contribution is 5.33. The highest BCUT2D eigenvalue weighted by Crippen LogP contribution is 2.10. The molecule has 2 rings (SSSR count). The summed E-state index contributed by atoms with van der Waals surface area (Å²) in [6.07, 6.45) is 4.68. The van der Waals surface area contributed by atoms with Gasteiger partial charge in [-0.1, -0.05) is 12.1 Å². The van der Waals surface area contributed by atoms with Gasteiger partial charge in [-0.25, -0.2) is 4.68 Å². The summed E-state index contributed by atoms with van der Waals surface area (Å²) in [5.41, 5.74) is 2.36. The minimum absolute atomic E-state index is 0.747. The van der Waals surface area contributed by atoms with Crippen LogP contribution >= 0.6 is 0 Å². The zero-order valence-corrected chi connectivity index (χ0v) is 10.5. The zero-order valence-electron chi connectivity index (χ0n) is 10.5. The summed E-state index contributed by atoms with van der Waals surface area (Å²) in [5.74, 6) is 0.954. The Kier molecular flexibility index (Phi) is 3.41. The van der Waals surface area contributed by atoms with Crippen LogP contribution in [-0.4, -0.2) is 24.8 Å². The zero-order chi connectivity index (χ0) is 12.3. The van der Waals surface area contributed by atoms with Crippen LogP contribution in [0.4, 0.5) is 5.82 Å². The van der Waals surface area contributed by atoms with Gasteiger partial charge in [0.05, 0.1) is 12.4 Å². The summed E-state index contributed by atoms with van der Waals surface area (Å²) in [7, 11) is 1.95. The van der Waals surface area contributed by atoms with E-state index in [1.165, 1.54) is 11.3 Å². The predicted molar refractivity (Wildman–Crippen MR) is 65.6 cm³/mol. The van der Waals surface area contributed by atoms with Gasteiger partial charge in [-0.05, 0) is 13.3 Å². The third-order valence-corrected chi connectivity index (χ3v) is 2.85. The molecule has 0 saturated heterocycles. The van der Waals surface area contributed by atoms with Crippen molar-refractivity contribution in [2.45, 2.75) is 33.4 Å². The third kappa shape index (κ3) is 2.46. The Hall–Kier alpha value is -1.85. The average Bonchev–Trinajstić information content (AvgIpc) is 2.87. The molecule has 0 fully saturated rings. The van der Waals surface area contributed by atoms with Crippen molar-refractivity contribution in [2.24, 2.45) is 7.05 Å². The maximum absolute atomic E-state index is 4.21. The largest absolute Gasteiger partial charge is 0.365 e. The second kappa shape index (κ2) is 4.99. The highest BCUT2D eigenvalue weighted by atomic mass is 15.4. The Labute approximate surface area is 101 Å². The molecule has 0 bridgehead atoms. The molecule has 0 atom stereocenters. The molecule has 17 heavy (non-hydrogen) atoms. The summed E-state index contributed by atoms with van der Waals surface area (Å²) in [4.78, 5) is 0. The minimum atomic E-state index is 0.747. The molecule has 0 aliphatic carbocycles. The van der Waals surface area contributed by atoms with E-state index in [2.05, 4.69) is 34.6 Å². The van der Waals surface area contributed by atoms with Gasteiger partial charge < -0.3 is 5.32 Å². The molecule has 0 aliphatic heterocycles. The molecule has 6 nitrogen and oxygen atoms in total. The van der Waals surface area contributed by atoms with Gasteiger partial charge in [0.2, 0.25) is 0 Å². The lowest BCUT2D eigenvalue weighted by molar-refractivity contribution is 0.583. The molecule has 1 N–H and O–H groups in total. The van der Waals surface area contributed by atoms with Crippen molar-refractivity contribution in [3.63, 3.8) is 0 Å². The topological polar surface area (TPSA) is 60.6 Å². The quantitative estimate of drug-likeness (QED) is 0.848. The monoisotopic (exact) mass is 234 g/mol. The molecular weight excluding hydrogens is 216 g/mol. The first-order valence-corrected chi connectivity index (χ1v) is 5.82. The van der Waals surface area contributed by atoms with Crippen LogP contribution in [0.15, 0.2) is 12.4 Å². The average molecular weight is 234 g/mol. The molecule has 0 aromatic carbocycles.